The van der Waals surface area contributed by atoms with E-state index in [9.17, 15) is 4.79 Å². The van der Waals surface area contributed by atoms with Gasteiger partial charge in [-0.25, -0.2) is 4.79 Å². The number of hydrogen-bond donors (Lipinski definition) is 2. The highest BCUT2D eigenvalue weighted by molar-refractivity contribution is 5.68. The first-order chi connectivity index (χ1) is 7.85. The molecule has 3 N–H and O–H groups in total. The Balaban J connectivity index is 2.67. The number of carbonyl (C=O) groups is 1. The number of aliphatic hydroxyl groups excluding tert-OH is 1. The minimum atomic E-state index is -0.538. The van der Waals surface area contributed by atoms with Crippen LogP contribution in [-0.2, 0) is 9.47 Å². The fourth-order valence-corrected chi connectivity index (χ4v) is 1.65. The molecule has 1 aliphatic heterocycles. The van der Waals surface area contributed by atoms with Crippen molar-refractivity contribution >= 4 is 6.09 Å². The highest BCUT2D eigenvalue weighted by atomic mass is 16.6. The van der Waals surface area contributed by atoms with E-state index in [1.54, 1.807) is 0 Å². The molecule has 0 radical (unpaired) electrons. The topological polar surface area (TPSA) is 85.0 Å². The van der Waals surface area contributed by atoms with Gasteiger partial charge in [0.2, 0.25) is 0 Å². The molecule has 0 aromatic carbocycles. The van der Waals surface area contributed by atoms with Crippen LogP contribution in [0.25, 0.3) is 0 Å². The minimum absolute atomic E-state index is 0.187. The maximum atomic E-state index is 12.0. The standard InChI is InChI=1S/C11H22N2O4/c1-11(2,3)17-10(15)13-4-5-16-7-9(13)8(12)6-14/h8-9,14H,4-7,12H2,1-3H3/t8-,9?/m1/s1. The molecule has 1 saturated heterocycles. The van der Waals surface area contributed by atoms with Crippen molar-refractivity contribution in [1.82, 2.24) is 4.90 Å². The molecule has 1 fully saturated rings. The normalized spacial score (nSPS) is 23.4. The Kier molecular flexibility index (Phi) is 4.73. The number of amides is 1. The van der Waals surface area contributed by atoms with Crippen LogP contribution < -0.4 is 5.73 Å². The van der Waals surface area contributed by atoms with E-state index >= 15 is 0 Å². The quantitative estimate of drug-likeness (QED) is 0.713. The van der Waals surface area contributed by atoms with Gasteiger partial charge in [0.1, 0.15) is 5.60 Å². The summed E-state index contributed by atoms with van der Waals surface area (Å²) in [6.45, 7) is 6.49. The molecule has 100 valence electrons. The summed E-state index contributed by atoms with van der Waals surface area (Å²) in [5, 5.41) is 9.06. The number of morpholine rings is 1. The summed E-state index contributed by atoms with van der Waals surface area (Å²) in [4.78, 5) is 13.5. The summed E-state index contributed by atoms with van der Waals surface area (Å²) >= 11 is 0. The summed E-state index contributed by atoms with van der Waals surface area (Å²) in [6, 6.07) is -0.841. The average molecular weight is 246 g/mol. The maximum Gasteiger partial charge on any atom is 0.410 e. The molecule has 0 saturated carbocycles. The first-order valence-electron chi connectivity index (χ1n) is 5.79. The first kappa shape index (κ1) is 14.2. The Morgan fingerprint density at radius 3 is 2.82 bits per heavy atom. The molecule has 1 amide bonds. The van der Waals surface area contributed by atoms with Crippen molar-refractivity contribution in [2.75, 3.05) is 26.4 Å². The van der Waals surface area contributed by atoms with Gasteiger partial charge in [0.05, 0.1) is 31.9 Å². The lowest BCUT2D eigenvalue weighted by Crippen LogP contribution is -2.58. The van der Waals surface area contributed by atoms with E-state index in [-0.39, 0.29) is 12.6 Å². The molecule has 17 heavy (non-hydrogen) atoms. The van der Waals surface area contributed by atoms with Crippen LogP contribution in [0.1, 0.15) is 20.8 Å². The number of rotatable bonds is 2. The summed E-state index contributed by atoms with van der Waals surface area (Å²) in [5.41, 5.74) is 5.22. The van der Waals surface area contributed by atoms with Crippen molar-refractivity contribution in [3.05, 3.63) is 0 Å². The van der Waals surface area contributed by atoms with E-state index < -0.39 is 17.7 Å². The van der Waals surface area contributed by atoms with Gasteiger partial charge in [0, 0.05) is 6.54 Å². The van der Waals surface area contributed by atoms with Crippen molar-refractivity contribution in [3.63, 3.8) is 0 Å². The van der Waals surface area contributed by atoms with Gasteiger partial charge in [-0.15, -0.1) is 0 Å². The van der Waals surface area contributed by atoms with Gasteiger partial charge in [-0.2, -0.15) is 0 Å². The van der Waals surface area contributed by atoms with Gasteiger partial charge in [0.15, 0.2) is 0 Å². The summed E-state index contributed by atoms with van der Waals surface area (Å²) in [6.07, 6.45) is -0.408. The third kappa shape index (κ3) is 4.14. The van der Waals surface area contributed by atoms with Crippen LogP contribution in [0.3, 0.4) is 0 Å². The van der Waals surface area contributed by atoms with Gasteiger partial charge in [-0.05, 0) is 20.8 Å². The van der Waals surface area contributed by atoms with Crippen LogP contribution in [0.2, 0.25) is 0 Å². The lowest BCUT2D eigenvalue weighted by molar-refractivity contribution is -0.0416. The van der Waals surface area contributed by atoms with Crippen molar-refractivity contribution in [2.45, 2.75) is 38.5 Å². The molecule has 0 spiro atoms. The van der Waals surface area contributed by atoms with Crippen LogP contribution in [0.5, 0.6) is 0 Å². The molecule has 0 aromatic rings. The summed E-state index contributed by atoms with van der Waals surface area (Å²) in [7, 11) is 0. The lowest BCUT2D eigenvalue weighted by atomic mass is 10.1. The van der Waals surface area contributed by atoms with E-state index in [4.69, 9.17) is 20.3 Å². The third-order valence-electron chi connectivity index (χ3n) is 2.50. The second kappa shape index (κ2) is 5.66. The number of hydrogen-bond acceptors (Lipinski definition) is 5. The number of nitrogens with zero attached hydrogens (tertiary/aromatic N) is 1. The molecule has 6 nitrogen and oxygen atoms in total. The Bertz CT molecular complexity index is 265. The molecule has 1 unspecified atom stereocenters. The predicted octanol–water partition coefficient (Wildman–Crippen LogP) is -0.0581. The number of carbonyl (C=O) groups excluding carboxylic acids is 1. The number of aliphatic hydroxyl groups is 1. The van der Waals surface area contributed by atoms with E-state index in [2.05, 4.69) is 0 Å². The Labute approximate surface area is 102 Å². The van der Waals surface area contributed by atoms with Gasteiger partial charge in [-0.3, -0.25) is 4.90 Å². The Hall–Kier alpha value is -0.850. The van der Waals surface area contributed by atoms with Crippen LogP contribution in [0.4, 0.5) is 4.79 Å². The Morgan fingerprint density at radius 1 is 1.65 bits per heavy atom. The molecule has 0 aromatic heterocycles. The predicted molar refractivity (Wildman–Crippen MR) is 62.6 cm³/mol. The largest absolute Gasteiger partial charge is 0.444 e. The summed E-state index contributed by atoms with van der Waals surface area (Å²) < 4.78 is 10.6. The van der Waals surface area contributed by atoms with E-state index in [1.807, 2.05) is 20.8 Å². The smallest absolute Gasteiger partial charge is 0.410 e. The molecular formula is C11H22N2O4. The number of ether oxygens (including phenoxy) is 2. The lowest BCUT2D eigenvalue weighted by Gasteiger charge is -2.38. The number of nitrogens with two attached hydrogens (primary N) is 1. The van der Waals surface area contributed by atoms with Crippen molar-refractivity contribution in [3.8, 4) is 0 Å². The van der Waals surface area contributed by atoms with Crippen LogP contribution in [-0.4, -0.2) is 60.1 Å². The monoisotopic (exact) mass is 246 g/mol. The van der Waals surface area contributed by atoms with Crippen molar-refractivity contribution in [1.29, 1.82) is 0 Å². The average Bonchev–Trinajstić information content (AvgIpc) is 2.25. The molecule has 0 bridgehead atoms. The highest BCUT2D eigenvalue weighted by Crippen LogP contribution is 2.15. The van der Waals surface area contributed by atoms with Gasteiger partial charge in [-0.1, -0.05) is 0 Å². The maximum absolute atomic E-state index is 12.0. The zero-order chi connectivity index (χ0) is 13.1. The fraction of sp³-hybridized carbons (Fsp3) is 0.909. The Morgan fingerprint density at radius 2 is 2.29 bits per heavy atom. The summed E-state index contributed by atoms with van der Waals surface area (Å²) in [5.74, 6) is 0. The molecule has 6 heteroatoms. The first-order valence-corrected chi connectivity index (χ1v) is 5.79. The minimum Gasteiger partial charge on any atom is -0.444 e. The SMILES string of the molecule is CC(C)(C)OC(=O)N1CCOCC1[C@H](N)CO. The van der Waals surface area contributed by atoms with Crippen molar-refractivity contribution in [2.24, 2.45) is 5.73 Å². The third-order valence-corrected chi connectivity index (χ3v) is 2.50. The van der Waals surface area contributed by atoms with Crippen molar-refractivity contribution < 1.29 is 19.4 Å². The van der Waals surface area contributed by atoms with Crippen LogP contribution in [0, 0.1) is 0 Å². The van der Waals surface area contributed by atoms with Crippen LogP contribution in [0.15, 0.2) is 0 Å². The van der Waals surface area contributed by atoms with Gasteiger partial charge >= 0.3 is 6.09 Å². The molecule has 1 heterocycles. The van der Waals surface area contributed by atoms with E-state index in [1.165, 1.54) is 4.90 Å². The molecular weight excluding hydrogens is 224 g/mol. The van der Waals surface area contributed by atoms with E-state index in [0.717, 1.165) is 0 Å². The second-order valence-corrected chi connectivity index (χ2v) is 5.16. The second-order valence-electron chi connectivity index (χ2n) is 5.16. The van der Waals surface area contributed by atoms with E-state index in [0.29, 0.717) is 19.8 Å². The zero-order valence-corrected chi connectivity index (χ0v) is 10.7. The zero-order valence-electron chi connectivity index (χ0n) is 10.7. The molecule has 2 atom stereocenters. The highest BCUT2D eigenvalue weighted by Gasteiger charge is 2.34. The van der Waals surface area contributed by atoms with Gasteiger partial charge in [0.25, 0.3) is 0 Å². The molecule has 1 rings (SSSR count). The molecule has 1 aliphatic rings. The molecule has 0 aliphatic carbocycles. The fourth-order valence-electron chi connectivity index (χ4n) is 1.65. The van der Waals surface area contributed by atoms with Crippen LogP contribution >= 0.6 is 0 Å². The van der Waals surface area contributed by atoms with Gasteiger partial charge < -0.3 is 20.3 Å².